The zero-order chi connectivity index (χ0) is 19.2. The average molecular weight is 367 g/mol. The largest absolute Gasteiger partial charge is 0.497 e. The highest BCUT2D eigenvalue weighted by molar-refractivity contribution is 5.81. The maximum Gasteiger partial charge on any atom is 0.261 e. The van der Waals surface area contributed by atoms with E-state index in [4.69, 9.17) is 9.47 Å². The molecule has 1 aliphatic carbocycles. The van der Waals surface area contributed by atoms with E-state index in [2.05, 4.69) is 24.4 Å². The number of hydrogen-bond acceptors (Lipinski definition) is 3. The minimum absolute atomic E-state index is 0.0435. The van der Waals surface area contributed by atoms with Crippen LogP contribution in [0, 0.1) is 0 Å². The van der Waals surface area contributed by atoms with E-state index in [0.29, 0.717) is 0 Å². The molecule has 0 aromatic heterocycles. The third-order valence-electron chi connectivity index (χ3n) is 5.24. The Labute approximate surface area is 161 Å². The number of ether oxygens (including phenoxy) is 2. The number of methoxy groups -OCH3 is 1. The fourth-order valence-corrected chi connectivity index (χ4v) is 3.59. The quantitative estimate of drug-likeness (QED) is 0.777. The Bertz CT molecular complexity index is 770. The highest BCUT2D eigenvalue weighted by atomic mass is 16.5. The summed E-state index contributed by atoms with van der Waals surface area (Å²) in [4.78, 5) is 12.6. The van der Waals surface area contributed by atoms with Crippen LogP contribution in [0.25, 0.3) is 0 Å². The molecule has 0 bridgehead atoms. The van der Waals surface area contributed by atoms with Crippen molar-refractivity contribution in [2.24, 2.45) is 0 Å². The third kappa shape index (κ3) is 4.82. The van der Waals surface area contributed by atoms with E-state index in [1.165, 1.54) is 24.0 Å². The van der Waals surface area contributed by atoms with Crippen LogP contribution in [0.1, 0.15) is 55.8 Å². The number of hydrogen-bond donors (Lipinski definition) is 1. The maximum absolute atomic E-state index is 12.6. The third-order valence-corrected chi connectivity index (χ3v) is 5.24. The molecule has 1 N–H and O–H groups in total. The molecule has 2 aromatic rings. The zero-order valence-electron chi connectivity index (χ0n) is 16.5. The highest BCUT2D eigenvalue weighted by Gasteiger charge is 2.20. The number of aryl methyl sites for hydroxylation is 2. The van der Waals surface area contributed by atoms with Gasteiger partial charge in [-0.25, -0.2) is 0 Å². The Kier molecular flexibility index (Phi) is 6.38. The molecule has 0 spiro atoms. The van der Waals surface area contributed by atoms with Gasteiger partial charge in [-0.1, -0.05) is 25.1 Å². The summed E-state index contributed by atoms with van der Waals surface area (Å²) in [5.41, 5.74) is 3.83. The molecule has 3 rings (SSSR count). The summed E-state index contributed by atoms with van der Waals surface area (Å²) in [5, 5.41) is 3.10. The normalized spacial score (nSPS) is 15.4. The van der Waals surface area contributed by atoms with Crippen molar-refractivity contribution in [2.75, 3.05) is 7.11 Å². The number of fused-ring (bicyclic) bond motifs is 1. The van der Waals surface area contributed by atoms with E-state index in [1.54, 1.807) is 14.0 Å². The van der Waals surface area contributed by atoms with Crippen molar-refractivity contribution in [3.63, 3.8) is 0 Å². The molecular formula is C23H29NO3. The molecule has 1 amide bonds. The predicted octanol–water partition coefficient (Wildman–Crippen LogP) is 4.61. The molecule has 0 saturated heterocycles. The topological polar surface area (TPSA) is 47.6 Å². The van der Waals surface area contributed by atoms with Gasteiger partial charge in [0.1, 0.15) is 11.5 Å². The Balaban J connectivity index is 1.62. The van der Waals surface area contributed by atoms with Crippen LogP contribution < -0.4 is 14.8 Å². The van der Waals surface area contributed by atoms with Crippen LogP contribution in [0.4, 0.5) is 0 Å². The fraction of sp³-hybridized carbons (Fsp3) is 0.435. The van der Waals surface area contributed by atoms with Gasteiger partial charge in [-0.2, -0.15) is 0 Å². The highest BCUT2D eigenvalue weighted by Crippen LogP contribution is 2.26. The predicted molar refractivity (Wildman–Crippen MR) is 107 cm³/mol. The second kappa shape index (κ2) is 8.94. The Morgan fingerprint density at radius 3 is 2.37 bits per heavy atom. The Morgan fingerprint density at radius 1 is 1.04 bits per heavy atom. The summed E-state index contributed by atoms with van der Waals surface area (Å²) in [7, 11) is 1.65. The van der Waals surface area contributed by atoms with Crippen molar-refractivity contribution in [1.29, 1.82) is 0 Å². The van der Waals surface area contributed by atoms with Gasteiger partial charge >= 0.3 is 0 Å². The molecule has 0 aliphatic heterocycles. The number of benzene rings is 2. The maximum atomic E-state index is 12.6. The molecule has 0 fully saturated rings. The van der Waals surface area contributed by atoms with Gasteiger partial charge < -0.3 is 14.8 Å². The molecule has 144 valence electrons. The molecule has 0 heterocycles. The summed E-state index contributed by atoms with van der Waals surface area (Å²) in [6, 6.07) is 14.0. The molecule has 0 unspecified atom stereocenters. The monoisotopic (exact) mass is 367 g/mol. The summed E-state index contributed by atoms with van der Waals surface area (Å²) in [5.74, 6) is 1.48. The van der Waals surface area contributed by atoms with E-state index >= 15 is 0 Å². The fourth-order valence-electron chi connectivity index (χ4n) is 3.59. The molecule has 0 saturated carbocycles. The Hall–Kier alpha value is -2.49. The van der Waals surface area contributed by atoms with Crippen molar-refractivity contribution in [3.05, 3.63) is 59.2 Å². The van der Waals surface area contributed by atoms with E-state index in [1.807, 2.05) is 30.3 Å². The lowest BCUT2D eigenvalue weighted by atomic mass is 9.92. The van der Waals surface area contributed by atoms with Crippen molar-refractivity contribution < 1.29 is 14.3 Å². The lowest BCUT2D eigenvalue weighted by Gasteiger charge is -2.22. The first-order valence-electron chi connectivity index (χ1n) is 9.83. The number of amides is 1. The Morgan fingerprint density at radius 2 is 1.70 bits per heavy atom. The molecule has 2 aromatic carbocycles. The molecule has 4 nitrogen and oxygen atoms in total. The minimum atomic E-state index is -0.543. The van der Waals surface area contributed by atoms with Crippen molar-refractivity contribution in [2.45, 2.75) is 58.1 Å². The first kappa shape index (κ1) is 19.3. The van der Waals surface area contributed by atoms with Crippen LogP contribution in [-0.4, -0.2) is 19.1 Å². The van der Waals surface area contributed by atoms with Gasteiger partial charge in [0.05, 0.1) is 13.2 Å². The molecule has 0 radical (unpaired) electrons. The van der Waals surface area contributed by atoms with Crippen LogP contribution in [0.15, 0.2) is 42.5 Å². The molecule has 27 heavy (non-hydrogen) atoms. The second-order valence-corrected chi connectivity index (χ2v) is 7.14. The van der Waals surface area contributed by atoms with Crippen LogP contribution in [0.2, 0.25) is 0 Å². The van der Waals surface area contributed by atoms with Crippen LogP contribution in [0.3, 0.4) is 0 Å². The number of carbonyl (C=O) groups excluding carboxylic acids is 1. The zero-order valence-corrected chi connectivity index (χ0v) is 16.5. The first-order valence-corrected chi connectivity index (χ1v) is 9.83. The van der Waals surface area contributed by atoms with Gasteiger partial charge in [-0.15, -0.1) is 0 Å². The summed E-state index contributed by atoms with van der Waals surface area (Å²) < 4.78 is 11.1. The molecule has 4 heteroatoms. The van der Waals surface area contributed by atoms with E-state index in [-0.39, 0.29) is 11.9 Å². The standard InChI is InChI=1S/C23H29NO3/c1-4-22(18-10-12-20(26-3)13-11-18)24-23(25)16(2)27-21-14-9-17-7-5-6-8-19(17)15-21/h9-16,22H,4-8H2,1-3H3,(H,24,25)/t16-,22+/m0/s1. The van der Waals surface area contributed by atoms with E-state index in [9.17, 15) is 4.79 Å². The van der Waals surface area contributed by atoms with Gasteiger partial charge in [0.2, 0.25) is 0 Å². The van der Waals surface area contributed by atoms with Crippen LogP contribution >= 0.6 is 0 Å². The van der Waals surface area contributed by atoms with Crippen LogP contribution in [-0.2, 0) is 17.6 Å². The van der Waals surface area contributed by atoms with Gasteiger partial charge in [0.25, 0.3) is 5.91 Å². The van der Waals surface area contributed by atoms with Gasteiger partial charge in [0.15, 0.2) is 6.10 Å². The number of rotatable bonds is 7. The van der Waals surface area contributed by atoms with Crippen molar-refractivity contribution >= 4 is 5.91 Å². The average Bonchev–Trinajstić information content (AvgIpc) is 2.71. The lowest BCUT2D eigenvalue weighted by molar-refractivity contribution is -0.128. The van der Waals surface area contributed by atoms with Crippen LogP contribution in [0.5, 0.6) is 11.5 Å². The lowest BCUT2D eigenvalue weighted by Crippen LogP contribution is -2.38. The van der Waals surface area contributed by atoms with Crippen molar-refractivity contribution in [1.82, 2.24) is 5.32 Å². The van der Waals surface area contributed by atoms with Gasteiger partial charge in [-0.05, 0) is 80.0 Å². The number of nitrogens with one attached hydrogen (secondary N) is 1. The summed E-state index contributed by atoms with van der Waals surface area (Å²) >= 11 is 0. The SMILES string of the molecule is CC[C@@H](NC(=O)[C@H](C)Oc1ccc2c(c1)CCCC2)c1ccc(OC)cc1. The van der Waals surface area contributed by atoms with E-state index < -0.39 is 6.10 Å². The van der Waals surface area contributed by atoms with Gasteiger partial charge in [0, 0.05) is 0 Å². The second-order valence-electron chi connectivity index (χ2n) is 7.14. The minimum Gasteiger partial charge on any atom is -0.497 e. The van der Waals surface area contributed by atoms with Crippen molar-refractivity contribution in [3.8, 4) is 11.5 Å². The molecule has 1 aliphatic rings. The molecular weight excluding hydrogens is 338 g/mol. The molecule has 2 atom stereocenters. The smallest absolute Gasteiger partial charge is 0.261 e. The van der Waals surface area contributed by atoms with E-state index in [0.717, 1.165) is 36.3 Å². The first-order chi connectivity index (χ1) is 13.1. The summed E-state index contributed by atoms with van der Waals surface area (Å²) in [6.45, 7) is 3.86. The van der Waals surface area contributed by atoms with Gasteiger partial charge in [-0.3, -0.25) is 4.79 Å². The number of carbonyl (C=O) groups is 1. The summed E-state index contributed by atoms with van der Waals surface area (Å²) in [6.07, 6.45) is 5.00.